The van der Waals surface area contributed by atoms with Crippen LogP contribution in [0.25, 0.3) is 5.65 Å². The number of aromatic nitrogens is 5. The number of nitrogens with two attached hydrogens (primary N) is 1. The summed E-state index contributed by atoms with van der Waals surface area (Å²) in [6.45, 7) is 0.319. The van der Waals surface area contributed by atoms with E-state index in [1.54, 1.807) is 28.9 Å². The smallest absolute Gasteiger partial charge is 0.358 e. The molecule has 0 aromatic carbocycles. The minimum atomic E-state index is -1.15. The molecule has 0 bridgehead atoms. The summed E-state index contributed by atoms with van der Waals surface area (Å²) in [6, 6.07) is 3.54. The molecule has 3 rings (SSSR count). The lowest BCUT2D eigenvalue weighted by atomic mass is 10.3. The maximum atomic E-state index is 11.0. The van der Waals surface area contributed by atoms with Gasteiger partial charge in [-0.15, -0.1) is 5.10 Å². The van der Waals surface area contributed by atoms with Crippen molar-refractivity contribution in [3.8, 4) is 0 Å². The summed E-state index contributed by atoms with van der Waals surface area (Å²) in [7, 11) is 0. The SMILES string of the molecule is NCc1c(C(=O)O)nnn1Cc1cn2cc(Cl)ccc2n1. The summed E-state index contributed by atoms with van der Waals surface area (Å²) >= 11 is 5.92. The third-order valence-corrected chi connectivity index (χ3v) is 3.23. The molecule has 0 aliphatic rings. The first-order chi connectivity index (χ1) is 10.1. The second-order valence-electron chi connectivity index (χ2n) is 4.40. The average Bonchev–Trinajstić information content (AvgIpc) is 3.01. The van der Waals surface area contributed by atoms with E-state index in [-0.39, 0.29) is 18.8 Å². The second-order valence-corrected chi connectivity index (χ2v) is 4.83. The van der Waals surface area contributed by atoms with E-state index in [0.29, 0.717) is 16.4 Å². The van der Waals surface area contributed by atoms with Gasteiger partial charge in [-0.1, -0.05) is 16.8 Å². The van der Waals surface area contributed by atoms with E-state index >= 15 is 0 Å². The predicted molar refractivity (Wildman–Crippen MR) is 74.2 cm³/mol. The van der Waals surface area contributed by atoms with Crippen molar-refractivity contribution >= 4 is 23.2 Å². The number of carboxylic acid groups (broad SMARTS) is 1. The summed E-state index contributed by atoms with van der Waals surface area (Å²) in [5.74, 6) is -1.15. The van der Waals surface area contributed by atoms with Gasteiger partial charge in [-0.05, 0) is 12.1 Å². The summed E-state index contributed by atoms with van der Waals surface area (Å²) in [5.41, 5.74) is 7.24. The number of carboxylic acids is 1. The van der Waals surface area contributed by atoms with Crippen molar-refractivity contribution < 1.29 is 9.90 Å². The number of imidazole rings is 1. The molecule has 21 heavy (non-hydrogen) atoms. The number of hydrogen-bond donors (Lipinski definition) is 2. The largest absolute Gasteiger partial charge is 0.476 e. The van der Waals surface area contributed by atoms with E-state index in [2.05, 4.69) is 15.3 Å². The number of halogens is 1. The van der Waals surface area contributed by atoms with Crippen LogP contribution in [0.3, 0.4) is 0 Å². The Morgan fingerprint density at radius 3 is 2.90 bits per heavy atom. The molecule has 0 saturated carbocycles. The van der Waals surface area contributed by atoms with E-state index in [1.807, 2.05) is 0 Å². The molecule has 0 saturated heterocycles. The van der Waals surface area contributed by atoms with Crippen LogP contribution < -0.4 is 5.73 Å². The standard InChI is InChI=1S/C12H11ClN6O2/c13-7-1-2-10-15-8(5-18(10)4-7)6-19-9(3-14)11(12(20)21)16-17-19/h1-2,4-5H,3,6,14H2,(H,20,21). The van der Waals surface area contributed by atoms with Crippen molar-refractivity contribution in [2.75, 3.05) is 0 Å². The zero-order valence-corrected chi connectivity index (χ0v) is 11.5. The van der Waals surface area contributed by atoms with Crippen LogP contribution >= 0.6 is 11.6 Å². The molecule has 8 nitrogen and oxygen atoms in total. The van der Waals surface area contributed by atoms with Gasteiger partial charge in [0.05, 0.1) is 23.0 Å². The molecule has 0 amide bonds. The molecule has 0 fully saturated rings. The third kappa shape index (κ3) is 2.46. The number of aromatic carboxylic acids is 1. The molecule has 3 heterocycles. The minimum absolute atomic E-state index is 0.0355. The Bertz CT molecular complexity index is 824. The average molecular weight is 307 g/mol. The molecule has 3 aromatic rings. The number of rotatable bonds is 4. The molecule has 0 spiro atoms. The van der Waals surface area contributed by atoms with E-state index in [4.69, 9.17) is 22.4 Å². The monoisotopic (exact) mass is 306 g/mol. The summed E-state index contributed by atoms with van der Waals surface area (Å²) in [6.07, 6.45) is 3.53. The van der Waals surface area contributed by atoms with Crippen LogP contribution in [-0.4, -0.2) is 35.5 Å². The topological polar surface area (TPSA) is 111 Å². The maximum absolute atomic E-state index is 11.0. The van der Waals surface area contributed by atoms with Crippen molar-refractivity contribution in [3.63, 3.8) is 0 Å². The van der Waals surface area contributed by atoms with Gasteiger partial charge in [-0.2, -0.15) is 0 Å². The third-order valence-electron chi connectivity index (χ3n) is 3.01. The lowest BCUT2D eigenvalue weighted by Gasteiger charge is -2.02. The summed E-state index contributed by atoms with van der Waals surface area (Å²) < 4.78 is 3.22. The van der Waals surface area contributed by atoms with Gasteiger partial charge in [0.1, 0.15) is 5.65 Å². The van der Waals surface area contributed by atoms with Crippen molar-refractivity contribution in [2.24, 2.45) is 5.73 Å². The number of fused-ring (bicyclic) bond motifs is 1. The first-order valence-electron chi connectivity index (χ1n) is 6.07. The Kier molecular flexibility index (Phi) is 3.32. The van der Waals surface area contributed by atoms with Gasteiger partial charge < -0.3 is 15.2 Å². The van der Waals surface area contributed by atoms with Gasteiger partial charge in [0, 0.05) is 18.9 Å². The second kappa shape index (κ2) is 5.15. The molecule has 0 radical (unpaired) electrons. The van der Waals surface area contributed by atoms with Crippen molar-refractivity contribution in [2.45, 2.75) is 13.1 Å². The van der Waals surface area contributed by atoms with Crippen LogP contribution in [-0.2, 0) is 13.1 Å². The first kappa shape index (κ1) is 13.5. The van der Waals surface area contributed by atoms with Crippen LogP contribution in [0, 0.1) is 0 Å². The number of pyridine rings is 1. The lowest BCUT2D eigenvalue weighted by Crippen LogP contribution is -2.13. The van der Waals surface area contributed by atoms with Gasteiger partial charge in [0.2, 0.25) is 0 Å². The fraction of sp³-hybridized carbons (Fsp3) is 0.167. The predicted octanol–water partition coefficient (Wildman–Crippen LogP) is 0.784. The zero-order chi connectivity index (χ0) is 15.0. The molecule has 3 N–H and O–H groups in total. The quantitative estimate of drug-likeness (QED) is 0.737. The first-order valence-corrected chi connectivity index (χ1v) is 6.45. The van der Waals surface area contributed by atoms with Crippen molar-refractivity contribution in [1.29, 1.82) is 0 Å². The lowest BCUT2D eigenvalue weighted by molar-refractivity contribution is 0.0689. The van der Waals surface area contributed by atoms with Crippen LogP contribution in [0.1, 0.15) is 21.9 Å². The maximum Gasteiger partial charge on any atom is 0.358 e. The molecular weight excluding hydrogens is 296 g/mol. The van der Waals surface area contributed by atoms with Crippen molar-refractivity contribution in [1.82, 2.24) is 24.4 Å². The number of nitrogens with zero attached hydrogens (tertiary/aromatic N) is 5. The van der Waals surface area contributed by atoms with E-state index in [0.717, 1.165) is 5.65 Å². The van der Waals surface area contributed by atoms with Crippen LogP contribution in [0.4, 0.5) is 0 Å². The van der Waals surface area contributed by atoms with Gasteiger partial charge in [-0.3, -0.25) is 0 Å². The fourth-order valence-corrected chi connectivity index (χ4v) is 2.24. The molecular formula is C12H11ClN6O2. The summed E-state index contributed by atoms with van der Waals surface area (Å²) in [4.78, 5) is 15.4. The molecule has 108 valence electrons. The van der Waals surface area contributed by atoms with Crippen molar-refractivity contribution in [3.05, 3.63) is 46.6 Å². The highest BCUT2D eigenvalue weighted by atomic mass is 35.5. The van der Waals surface area contributed by atoms with Gasteiger partial charge in [0.15, 0.2) is 5.69 Å². The Labute approximate surface area is 123 Å². The van der Waals surface area contributed by atoms with Gasteiger partial charge in [-0.25, -0.2) is 14.5 Å². The summed E-state index contributed by atoms with van der Waals surface area (Å²) in [5, 5.41) is 17.1. The molecule has 3 aromatic heterocycles. The van der Waals surface area contributed by atoms with E-state index in [9.17, 15) is 4.79 Å². The zero-order valence-electron chi connectivity index (χ0n) is 10.8. The minimum Gasteiger partial charge on any atom is -0.476 e. The van der Waals surface area contributed by atoms with Gasteiger partial charge >= 0.3 is 5.97 Å². The fourth-order valence-electron chi connectivity index (χ4n) is 2.07. The Hall–Kier alpha value is -2.45. The van der Waals surface area contributed by atoms with Crippen LogP contribution in [0.15, 0.2) is 24.5 Å². The van der Waals surface area contributed by atoms with Crippen LogP contribution in [0.2, 0.25) is 5.02 Å². The van der Waals surface area contributed by atoms with Crippen LogP contribution in [0.5, 0.6) is 0 Å². The molecule has 0 aliphatic carbocycles. The molecule has 0 aliphatic heterocycles. The highest BCUT2D eigenvalue weighted by Crippen LogP contribution is 2.13. The highest BCUT2D eigenvalue weighted by molar-refractivity contribution is 6.30. The molecule has 0 unspecified atom stereocenters. The van der Waals surface area contributed by atoms with E-state index < -0.39 is 5.97 Å². The Balaban J connectivity index is 1.96. The highest BCUT2D eigenvalue weighted by Gasteiger charge is 2.18. The van der Waals surface area contributed by atoms with E-state index in [1.165, 1.54) is 4.68 Å². The van der Waals surface area contributed by atoms with Gasteiger partial charge in [0.25, 0.3) is 0 Å². The number of hydrogen-bond acceptors (Lipinski definition) is 5. The normalized spacial score (nSPS) is 11.1. The Morgan fingerprint density at radius 2 is 2.19 bits per heavy atom. The Morgan fingerprint density at radius 1 is 1.38 bits per heavy atom. The number of carbonyl (C=O) groups is 1. The molecule has 0 atom stereocenters. The molecule has 9 heteroatoms.